The highest BCUT2D eigenvalue weighted by atomic mass is 16.6. The molecular weight excluding hydrogens is 602 g/mol. The first-order chi connectivity index (χ1) is 23.2. The summed E-state index contributed by atoms with van der Waals surface area (Å²) in [4.78, 5) is 43.4. The van der Waals surface area contributed by atoms with Crippen molar-refractivity contribution < 1.29 is 14.5 Å². The minimum Gasteiger partial charge on any atom is -0.361 e. The fourth-order valence-corrected chi connectivity index (χ4v) is 6.15. The summed E-state index contributed by atoms with van der Waals surface area (Å²) in [5.41, 5.74) is 8.27. The number of carbonyl (C=O) groups is 2. The van der Waals surface area contributed by atoms with Crippen molar-refractivity contribution in [2.75, 3.05) is 24.5 Å². The van der Waals surface area contributed by atoms with Gasteiger partial charge in [-0.15, -0.1) is 0 Å². The minimum atomic E-state index is -0.367. The monoisotopic (exact) mass is 645 g/mol. The molecule has 0 unspecified atom stereocenters. The highest BCUT2D eigenvalue weighted by Gasteiger charge is 2.20. The van der Waals surface area contributed by atoms with Crippen LogP contribution in [0.1, 0.15) is 47.6 Å². The maximum Gasteiger partial charge on any atom is 0.269 e. The molecule has 1 aromatic heterocycles. The maximum atomic E-state index is 13.5. The van der Waals surface area contributed by atoms with Crippen molar-refractivity contribution in [3.8, 4) is 0 Å². The molecule has 0 aliphatic rings. The number of aryl methyl sites for hydroxylation is 3. The van der Waals surface area contributed by atoms with E-state index in [2.05, 4.69) is 57.8 Å². The zero-order valence-electron chi connectivity index (χ0n) is 27.9. The zero-order valence-corrected chi connectivity index (χ0v) is 27.9. The normalized spacial score (nSPS) is 11.2. The Kier molecular flexibility index (Phi) is 11.4. The Labute approximate surface area is 281 Å². The SMILES string of the molecule is CC(=O)NCC(=O)N(c1cc(C)cc(C)c1)c1ccc2[nH]cc(CCN(CCCCc3ccc([N+](=O)[O-])cc3)Cc3ccccc3)c2c1. The lowest BCUT2D eigenvalue weighted by atomic mass is 10.1. The van der Waals surface area contributed by atoms with Crippen LogP contribution in [0.3, 0.4) is 0 Å². The van der Waals surface area contributed by atoms with Crippen LogP contribution in [0.2, 0.25) is 0 Å². The van der Waals surface area contributed by atoms with E-state index in [1.807, 2.05) is 56.3 Å². The zero-order chi connectivity index (χ0) is 34.0. The summed E-state index contributed by atoms with van der Waals surface area (Å²) < 4.78 is 0. The summed E-state index contributed by atoms with van der Waals surface area (Å²) in [6.07, 6.45) is 5.75. The van der Waals surface area contributed by atoms with Crippen LogP contribution in [0.15, 0.2) is 97.2 Å². The molecule has 0 spiro atoms. The van der Waals surface area contributed by atoms with Gasteiger partial charge in [0.15, 0.2) is 0 Å². The molecule has 0 saturated heterocycles. The van der Waals surface area contributed by atoms with Gasteiger partial charge in [0.1, 0.15) is 0 Å². The number of non-ortho nitro benzene ring substituents is 1. The van der Waals surface area contributed by atoms with Gasteiger partial charge in [-0.05, 0) is 104 Å². The lowest BCUT2D eigenvalue weighted by molar-refractivity contribution is -0.384. The molecular formula is C39H43N5O4. The van der Waals surface area contributed by atoms with Crippen molar-refractivity contribution in [2.45, 2.75) is 53.0 Å². The number of nitrogens with zero attached hydrogens (tertiary/aromatic N) is 3. The van der Waals surface area contributed by atoms with E-state index in [4.69, 9.17) is 0 Å². The molecule has 0 atom stereocenters. The first-order valence-electron chi connectivity index (χ1n) is 16.4. The third kappa shape index (κ3) is 9.17. The largest absolute Gasteiger partial charge is 0.361 e. The number of benzene rings is 4. The number of nitro benzene ring substituents is 1. The van der Waals surface area contributed by atoms with E-state index in [0.29, 0.717) is 0 Å². The molecule has 0 radical (unpaired) electrons. The minimum absolute atomic E-state index is 0.0982. The summed E-state index contributed by atoms with van der Waals surface area (Å²) in [6.45, 7) is 7.95. The molecule has 4 aromatic carbocycles. The number of hydrogen-bond donors (Lipinski definition) is 2. The van der Waals surface area contributed by atoms with Gasteiger partial charge < -0.3 is 10.3 Å². The van der Waals surface area contributed by atoms with Gasteiger partial charge in [-0.25, -0.2) is 0 Å². The number of aromatic amines is 1. The van der Waals surface area contributed by atoms with Gasteiger partial charge in [0, 0.05) is 60.6 Å². The Balaban J connectivity index is 1.32. The molecule has 0 bridgehead atoms. The predicted molar refractivity (Wildman–Crippen MR) is 192 cm³/mol. The number of hydrogen-bond acceptors (Lipinski definition) is 5. The number of aromatic nitrogens is 1. The van der Waals surface area contributed by atoms with Crippen LogP contribution in [-0.2, 0) is 29.0 Å². The first kappa shape index (κ1) is 34.1. The van der Waals surface area contributed by atoms with E-state index >= 15 is 0 Å². The van der Waals surface area contributed by atoms with Gasteiger partial charge in [0.05, 0.1) is 11.5 Å². The Morgan fingerprint density at radius 1 is 0.812 bits per heavy atom. The van der Waals surface area contributed by atoms with Gasteiger partial charge in [-0.2, -0.15) is 0 Å². The fraction of sp³-hybridized carbons (Fsp3) is 0.282. The average Bonchev–Trinajstić information content (AvgIpc) is 3.47. The molecule has 48 heavy (non-hydrogen) atoms. The van der Waals surface area contributed by atoms with E-state index in [-0.39, 0.29) is 29.0 Å². The number of amides is 2. The fourth-order valence-electron chi connectivity index (χ4n) is 6.15. The third-order valence-corrected chi connectivity index (χ3v) is 8.50. The number of carbonyl (C=O) groups excluding carboxylic acids is 2. The molecule has 0 aliphatic heterocycles. The number of nitro groups is 1. The van der Waals surface area contributed by atoms with Crippen molar-refractivity contribution >= 4 is 39.8 Å². The number of anilines is 2. The second kappa shape index (κ2) is 16.0. The molecule has 9 heteroatoms. The summed E-state index contributed by atoms with van der Waals surface area (Å²) >= 11 is 0. The smallest absolute Gasteiger partial charge is 0.269 e. The van der Waals surface area contributed by atoms with Crippen LogP contribution in [0, 0.1) is 24.0 Å². The van der Waals surface area contributed by atoms with Crippen molar-refractivity contribution in [1.29, 1.82) is 0 Å². The molecule has 0 saturated carbocycles. The van der Waals surface area contributed by atoms with Crippen LogP contribution < -0.4 is 10.2 Å². The van der Waals surface area contributed by atoms with E-state index in [0.717, 1.165) is 84.3 Å². The van der Waals surface area contributed by atoms with Gasteiger partial charge in [-0.3, -0.25) is 29.5 Å². The number of H-pyrrole nitrogens is 1. The molecule has 2 N–H and O–H groups in total. The Hall–Kier alpha value is -5.28. The summed E-state index contributed by atoms with van der Waals surface area (Å²) in [6, 6.07) is 29.4. The van der Waals surface area contributed by atoms with E-state index in [9.17, 15) is 19.7 Å². The molecule has 5 rings (SSSR count). The molecule has 5 aromatic rings. The van der Waals surface area contributed by atoms with Gasteiger partial charge in [0.2, 0.25) is 5.91 Å². The van der Waals surface area contributed by atoms with Gasteiger partial charge >= 0.3 is 0 Å². The maximum absolute atomic E-state index is 13.5. The summed E-state index contributed by atoms with van der Waals surface area (Å²) in [5.74, 6) is -0.465. The number of nitrogens with one attached hydrogen (secondary N) is 2. The lowest BCUT2D eigenvalue weighted by Gasteiger charge is -2.25. The quantitative estimate of drug-likeness (QED) is 0.0693. The van der Waals surface area contributed by atoms with E-state index in [1.165, 1.54) is 18.1 Å². The summed E-state index contributed by atoms with van der Waals surface area (Å²) in [5, 5.41) is 14.7. The van der Waals surface area contributed by atoms with Crippen LogP contribution in [0.25, 0.3) is 10.9 Å². The molecule has 1 heterocycles. The summed E-state index contributed by atoms with van der Waals surface area (Å²) in [7, 11) is 0. The molecule has 0 fully saturated rings. The van der Waals surface area contributed by atoms with Crippen molar-refractivity contribution in [2.24, 2.45) is 0 Å². The first-order valence-corrected chi connectivity index (χ1v) is 16.4. The van der Waals surface area contributed by atoms with Crippen LogP contribution >= 0.6 is 0 Å². The van der Waals surface area contributed by atoms with Crippen molar-refractivity contribution in [3.63, 3.8) is 0 Å². The molecule has 248 valence electrons. The van der Waals surface area contributed by atoms with Crippen LogP contribution in [0.5, 0.6) is 0 Å². The number of fused-ring (bicyclic) bond motifs is 1. The van der Waals surface area contributed by atoms with E-state index in [1.54, 1.807) is 17.0 Å². The topological polar surface area (TPSA) is 112 Å². The highest BCUT2D eigenvalue weighted by Crippen LogP contribution is 2.32. The Morgan fingerprint density at radius 3 is 2.23 bits per heavy atom. The third-order valence-electron chi connectivity index (χ3n) is 8.50. The average molecular weight is 646 g/mol. The lowest BCUT2D eigenvalue weighted by Crippen LogP contribution is -2.37. The second-order valence-corrected chi connectivity index (χ2v) is 12.4. The number of unbranched alkanes of at least 4 members (excludes halogenated alkanes) is 1. The van der Waals surface area contributed by atoms with Gasteiger partial charge in [0.25, 0.3) is 11.6 Å². The standard InChI is InChI=1S/C39H43N5O4/c1-28-21-29(2)23-36(22-28)43(39(46)26-40-30(3)45)35-16-17-38-37(24-35)33(25-41-38)18-20-42(27-32-10-5-4-6-11-32)19-8-7-9-31-12-14-34(15-13-31)44(47)48/h4-6,10-17,21-25,41H,7-9,18-20,26-27H2,1-3H3,(H,40,45). The molecule has 2 amide bonds. The molecule has 9 nitrogen and oxygen atoms in total. The number of rotatable bonds is 15. The van der Waals surface area contributed by atoms with E-state index < -0.39 is 0 Å². The Bertz CT molecular complexity index is 1850. The molecule has 0 aliphatic carbocycles. The van der Waals surface area contributed by atoms with Crippen LogP contribution in [0.4, 0.5) is 17.1 Å². The second-order valence-electron chi connectivity index (χ2n) is 12.4. The van der Waals surface area contributed by atoms with Crippen molar-refractivity contribution in [3.05, 3.63) is 135 Å². The van der Waals surface area contributed by atoms with Gasteiger partial charge in [-0.1, -0.05) is 48.5 Å². The Morgan fingerprint density at radius 2 is 1.54 bits per heavy atom. The van der Waals surface area contributed by atoms with Crippen LogP contribution in [-0.4, -0.2) is 46.3 Å². The van der Waals surface area contributed by atoms with Crippen molar-refractivity contribution in [1.82, 2.24) is 15.2 Å². The highest BCUT2D eigenvalue weighted by molar-refractivity contribution is 6.04. The predicted octanol–water partition coefficient (Wildman–Crippen LogP) is 7.56.